The molecule has 6 heteroatoms. The van der Waals surface area contributed by atoms with Crippen molar-refractivity contribution in [1.82, 2.24) is 20.2 Å². The molecule has 0 aliphatic carbocycles. The van der Waals surface area contributed by atoms with Crippen LogP contribution in [0.3, 0.4) is 0 Å². The molecule has 1 aliphatic heterocycles. The lowest BCUT2D eigenvalue weighted by Crippen LogP contribution is -2.29. The molecule has 0 saturated heterocycles. The second-order valence-corrected chi connectivity index (χ2v) is 5.68. The largest absolute Gasteiger partial charge is 0.493 e. The summed E-state index contributed by atoms with van der Waals surface area (Å²) in [5.74, 6) is 1.89. The lowest BCUT2D eigenvalue weighted by molar-refractivity contribution is 0.339. The first-order valence-corrected chi connectivity index (χ1v) is 8.17. The van der Waals surface area contributed by atoms with E-state index in [1.165, 1.54) is 11.1 Å². The van der Waals surface area contributed by atoms with E-state index in [4.69, 9.17) is 4.74 Å². The monoisotopic (exact) mass is 321 g/mol. The molecule has 122 valence electrons. The summed E-state index contributed by atoms with van der Waals surface area (Å²) in [7, 11) is 0. The second-order valence-electron chi connectivity index (χ2n) is 5.68. The van der Waals surface area contributed by atoms with Crippen molar-refractivity contribution in [1.29, 1.82) is 0 Å². The molecule has 0 atom stereocenters. The molecule has 0 fully saturated rings. The molecular weight excluding hydrogens is 302 g/mol. The highest BCUT2D eigenvalue weighted by molar-refractivity contribution is 5.86. The summed E-state index contributed by atoms with van der Waals surface area (Å²) in [6, 6.07) is 8.24. The average Bonchev–Trinajstić information content (AvgIpc) is 3.11. The van der Waals surface area contributed by atoms with E-state index in [2.05, 4.69) is 43.3 Å². The summed E-state index contributed by atoms with van der Waals surface area (Å²) in [5.41, 5.74) is 3.29. The van der Waals surface area contributed by atoms with Gasteiger partial charge in [-0.05, 0) is 25.0 Å². The Morgan fingerprint density at radius 2 is 2.17 bits per heavy atom. The number of nitrogens with one attached hydrogen (secondary N) is 1. The zero-order chi connectivity index (χ0) is 16.4. The number of aromatic amines is 1. The van der Waals surface area contributed by atoms with Crippen molar-refractivity contribution in [2.45, 2.75) is 13.3 Å². The number of aromatic nitrogens is 4. The van der Waals surface area contributed by atoms with Crippen LogP contribution in [0.4, 0.5) is 5.82 Å². The molecule has 0 radical (unpaired) electrons. The summed E-state index contributed by atoms with van der Waals surface area (Å²) in [6.07, 6.45) is 6.58. The van der Waals surface area contributed by atoms with Gasteiger partial charge in [0.1, 0.15) is 17.9 Å². The van der Waals surface area contributed by atoms with Crippen LogP contribution >= 0.6 is 0 Å². The smallest absolute Gasteiger partial charge is 0.160 e. The van der Waals surface area contributed by atoms with Crippen LogP contribution in [0, 0.1) is 0 Å². The van der Waals surface area contributed by atoms with Crippen molar-refractivity contribution in [2.24, 2.45) is 0 Å². The molecule has 4 rings (SSSR count). The minimum atomic E-state index is 0.676. The fourth-order valence-electron chi connectivity index (χ4n) is 3.12. The Morgan fingerprint density at radius 3 is 3.00 bits per heavy atom. The van der Waals surface area contributed by atoms with Crippen LogP contribution in [-0.2, 0) is 0 Å². The van der Waals surface area contributed by atoms with E-state index in [1.807, 2.05) is 19.1 Å². The second kappa shape index (κ2) is 6.31. The Balaban J connectivity index is 1.61. The molecule has 3 aromatic rings. The van der Waals surface area contributed by atoms with E-state index >= 15 is 0 Å². The Morgan fingerprint density at radius 1 is 1.25 bits per heavy atom. The van der Waals surface area contributed by atoms with Crippen molar-refractivity contribution >= 4 is 22.4 Å². The Labute approximate surface area is 140 Å². The number of anilines is 1. The van der Waals surface area contributed by atoms with Gasteiger partial charge in [0, 0.05) is 18.7 Å². The van der Waals surface area contributed by atoms with Gasteiger partial charge in [-0.2, -0.15) is 5.10 Å². The Kier molecular flexibility index (Phi) is 3.86. The number of hydrogen-bond donors (Lipinski definition) is 1. The summed E-state index contributed by atoms with van der Waals surface area (Å²) >= 11 is 0. The summed E-state index contributed by atoms with van der Waals surface area (Å²) in [4.78, 5) is 10.9. The maximum absolute atomic E-state index is 5.76. The van der Waals surface area contributed by atoms with Crippen LogP contribution < -0.4 is 9.64 Å². The molecule has 0 amide bonds. The fourth-order valence-corrected chi connectivity index (χ4v) is 3.12. The van der Waals surface area contributed by atoms with E-state index in [0.717, 1.165) is 42.1 Å². The number of fused-ring (bicyclic) bond motifs is 1. The normalized spacial score (nSPS) is 14.7. The van der Waals surface area contributed by atoms with E-state index in [0.29, 0.717) is 6.61 Å². The molecule has 3 heterocycles. The molecule has 24 heavy (non-hydrogen) atoms. The minimum absolute atomic E-state index is 0.676. The Hall–Kier alpha value is -2.89. The number of rotatable bonds is 4. The van der Waals surface area contributed by atoms with Crippen LogP contribution in [-0.4, -0.2) is 39.9 Å². The zero-order valence-electron chi connectivity index (χ0n) is 13.6. The fraction of sp³-hybridized carbons (Fsp3) is 0.278. The van der Waals surface area contributed by atoms with Gasteiger partial charge in [-0.15, -0.1) is 0 Å². The van der Waals surface area contributed by atoms with Crippen LogP contribution in [0.1, 0.15) is 18.9 Å². The standard InChI is InChI=1S/C18H19N5O/c1-2-24-16-6-4-3-5-14(16)13-7-9-23(10-8-13)18-15-11-21-22-17(15)19-12-20-18/h3-7,11-12H,2,8-10H2,1H3,(H,19,20,21,22). The topological polar surface area (TPSA) is 66.9 Å². The highest BCUT2D eigenvalue weighted by atomic mass is 16.5. The zero-order valence-corrected chi connectivity index (χ0v) is 13.6. The summed E-state index contributed by atoms with van der Waals surface area (Å²) in [5, 5.41) is 7.92. The first-order chi connectivity index (χ1) is 11.9. The van der Waals surface area contributed by atoms with E-state index in [1.54, 1.807) is 12.5 Å². The molecule has 2 aromatic heterocycles. The van der Waals surface area contributed by atoms with Gasteiger partial charge in [-0.1, -0.05) is 24.3 Å². The van der Waals surface area contributed by atoms with Gasteiger partial charge in [0.05, 0.1) is 18.2 Å². The number of benzene rings is 1. The highest BCUT2D eigenvalue weighted by Gasteiger charge is 2.19. The van der Waals surface area contributed by atoms with Crippen LogP contribution in [0.15, 0.2) is 42.9 Å². The third-order valence-electron chi connectivity index (χ3n) is 4.27. The molecule has 6 nitrogen and oxygen atoms in total. The molecule has 1 aliphatic rings. The third kappa shape index (κ3) is 2.60. The molecule has 1 aromatic carbocycles. The van der Waals surface area contributed by atoms with Gasteiger partial charge < -0.3 is 9.64 Å². The molecule has 0 unspecified atom stereocenters. The molecule has 0 spiro atoms. The van der Waals surface area contributed by atoms with Crippen molar-refractivity contribution in [3.63, 3.8) is 0 Å². The van der Waals surface area contributed by atoms with Gasteiger partial charge in [0.25, 0.3) is 0 Å². The number of H-pyrrole nitrogens is 1. The Bertz CT molecular complexity index is 886. The van der Waals surface area contributed by atoms with E-state index < -0.39 is 0 Å². The average molecular weight is 321 g/mol. The maximum atomic E-state index is 5.76. The van der Waals surface area contributed by atoms with Crippen LogP contribution in [0.25, 0.3) is 16.6 Å². The summed E-state index contributed by atoms with van der Waals surface area (Å²) < 4.78 is 5.76. The highest BCUT2D eigenvalue weighted by Crippen LogP contribution is 2.32. The van der Waals surface area contributed by atoms with Gasteiger partial charge in [0.2, 0.25) is 0 Å². The van der Waals surface area contributed by atoms with Gasteiger partial charge >= 0.3 is 0 Å². The van der Waals surface area contributed by atoms with Crippen LogP contribution in [0.5, 0.6) is 5.75 Å². The van der Waals surface area contributed by atoms with Crippen LogP contribution in [0.2, 0.25) is 0 Å². The first kappa shape index (κ1) is 14.7. The van der Waals surface area contributed by atoms with Gasteiger partial charge in [0.15, 0.2) is 5.65 Å². The number of hydrogen-bond acceptors (Lipinski definition) is 5. The lowest BCUT2D eigenvalue weighted by atomic mass is 9.98. The van der Waals surface area contributed by atoms with Crippen molar-refractivity contribution in [3.05, 3.63) is 48.4 Å². The predicted octanol–water partition coefficient (Wildman–Crippen LogP) is 3.05. The van der Waals surface area contributed by atoms with E-state index in [-0.39, 0.29) is 0 Å². The van der Waals surface area contributed by atoms with Gasteiger partial charge in [-0.25, -0.2) is 9.97 Å². The van der Waals surface area contributed by atoms with Crippen molar-refractivity contribution in [3.8, 4) is 5.75 Å². The first-order valence-electron chi connectivity index (χ1n) is 8.17. The number of nitrogens with zero attached hydrogens (tertiary/aromatic N) is 4. The lowest BCUT2D eigenvalue weighted by Gasteiger charge is -2.28. The van der Waals surface area contributed by atoms with Crippen molar-refractivity contribution < 1.29 is 4.74 Å². The summed E-state index contributed by atoms with van der Waals surface area (Å²) in [6.45, 7) is 4.41. The van der Waals surface area contributed by atoms with E-state index in [9.17, 15) is 0 Å². The van der Waals surface area contributed by atoms with Gasteiger partial charge in [-0.3, -0.25) is 5.10 Å². The predicted molar refractivity (Wildman–Crippen MR) is 94.1 cm³/mol. The van der Waals surface area contributed by atoms with Crippen molar-refractivity contribution in [2.75, 3.05) is 24.6 Å². The molecule has 0 bridgehead atoms. The SMILES string of the molecule is CCOc1ccccc1C1=CCN(c2ncnc3[nH]ncc23)CC1. The quantitative estimate of drug-likeness (QED) is 0.800. The molecule has 0 saturated carbocycles. The number of para-hydroxylation sites is 1. The maximum Gasteiger partial charge on any atom is 0.160 e. The molecule has 1 N–H and O–H groups in total. The molecular formula is C18H19N5O. The third-order valence-corrected chi connectivity index (χ3v) is 4.27. The number of ether oxygens (including phenoxy) is 1. The minimum Gasteiger partial charge on any atom is -0.493 e.